The van der Waals surface area contributed by atoms with Crippen molar-refractivity contribution in [1.29, 1.82) is 0 Å². The highest BCUT2D eigenvalue weighted by Crippen LogP contribution is 2.10. The maximum absolute atomic E-state index is 10.9. The Hall–Kier alpha value is -0.210. The summed E-state index contributed by atoms with van der Waals surface area (Å²) in [5, 5.41) is 11.1. The van der Waals surface area contributed by atoms with Gasteiger partial charge in [-0.05, 0) is 13.3 Å². The average molecular weight is 238 g/mol. The van der Waals surface area contributed by atoms with Crippen LogP contribution in [0.15, 0.2) is 0 Å². The van der Waals surface area contributed by atoms with Crippen LogP contribution < -0.4 is 5.32 Å². The van der Waals surface area contributed by atoms with Gasteiger partial charge < -0.3 is 10.4 Å². The Morgan fingerprint density at radius 3 is 2.80 bits per heavy atom. The number of aliphatic hydroxyl groups is 1. The van der Waals surface area contributed by atoms with Crippen LogP contribution in [-0.2, 0) is 10.1 Å². The molecule has 6 nitrogen and oxygen atoms in total. The third kappa shape index (κ3) is 3.69. The first kappa shape index (κ1) is 12.9. The summed E-state index contributed by atoms with van der Waals surface area (Å²) in [4.78, 5) is 1.70. The molecule has 2 atom stereocenters. The van der Waals surface area contributed by atoms with E-state index in [1.165, 1.54) is 6.92 Å². The molecule has 15 heavy (non-hydrogen) atoms. The maximum Gasteiger partial charge on any atom is 0.280 e. The molecule has 1 aliphatic rings. The Kier molecular flexibility index (Phi) is 4.47. The van der Waals surface area contributed by atoms with Crippen LogP contribution >= 0.6 is 0 Å². The first-order valence-electron chi connectivity index (χ1n) is 4.99. The van der Waals surface area contributed by atoms with E-state index in [1.807, 2.05) is 0 Å². The summed E-state index contributed by atoms with van der Waals surface area (Å²) in [5.41, 5.74) is 0. The SMILES string of the molecule is CC(N1CCNC(CCO)C1)S(=O)(=O)O. The van der Waals surface area contributed by atoms with E-state index >= 15 is 0 Å². The monoisotopic (exact) mass is 238 g/mol. The highest BCUT2D eigenvalue weighted by Gasteiger charge is 2.29. The van der Waals surface area contributed by atoms with Crippen molar-refractivity contribution < 1.29 is 18.1 Å². The lowest BCUT2D eigenvalue weighted by atomic mass is 10.1. The second-order valence-electron chi connectivity index (χ2n) is 3.77. The molecule has 7 heteroatoms. The molecule has 0 saturated carbocycles. The van der Waals surface area contributed by atoms with Crippen LogP contribution in [0.2, 0.25) is 0 Å². The lowest BCUT2D eigenvalue weighted by Gasteiger charge is -2.35. The Balaban J connectivity index is 2.56. The largest absolute Gasteiger partial charge is 0.396 e. The Bertz CT molecular complexity index is 291. The fourth-order valence-corrected chi connectivity index (χ4v) is 2.29. The van der Waals surface area contributed by atoms with Gasteiger partial charge >= 0.3 is 0 Å². The number of nitrogens with one attached hydrogen (secondary N) is 1. The lowest BCUT2D eigenvalue weighted by molar-refractivity contribution is 0.161. The second kappa shape index (κ2) is 5.22. The van der Waals surface area contributed by atoms with E-state index in [2.05, 4.69) is 5.32 Å². The summed E-state index contributed by atoms with van der Waals surface area (Å²) < 4.78 is 30.8. The van der Waals surface area contributed by atoms with Gasteiger partial charge in [-0.3, -0.25) is 9.45 Å². The van der Waals surface area contributed by atoms with E-state index < -0.39 is 15.5 Å². The first-order valence-corrected chi connectivity index (χ1v) is 6.50. The van der Waals surface area contributed by atoms with Gasteiger partial charge in [-0.2, -0.15) is 8.42 Å². The third-order valence-corrected chi connectivity index (χ3v) is 3.87. The molecule has 1 heterocycles. The number of nitrogens with zero attached hydrogens (tertiary/aromatic N) is 1. The average Bonchev–Trinajstić information content (AvgIpc) is 2.16. The quantitative estimate of drug-likeness (QED) is 0.537. The Labute approximate surface area is 90.0 Å². The normalized spacial score (nSPS) is 26.5. The summed E-state index contributed by atoms with van der Waals surface area (Å²) in [7, 11) is -4.01. The number of aliphatic hydroxyl groups excluding tert-OH is 1. The predicted molar refractivity (Wildman–Crippen MR) is 56.1 cm³/mol. The van der Waals surface area contributed by atoms with Gasteiger partial charge in [-0.25, -0.2) is 0 Å². The first-order chi connectivity index (χ1) is 6.95. The van der Waals surface area contributed by atoms with Gasteiger partial charge in [-0.1, -0.05) is 0 Å². The van der Waals surface area contributed by atoms with Crippen molar-refractivity contribution in [2.24, 2.45) is 0 Å². The van der Waals surface area contributed by atoms with Gasteiger partial charge in [-0.15, -0.1) is 0 Å². The van der Waals surface area contributed by atoms with Gasteiger partial charge in [0, 0.05) is 32.3 Å². The van der Waals surface area contributed by atoms with Crippen LogP contribution in [0, 0.1) is 0 Å². The van der Waals surface area contributed by atoms with Gasteiger partial charge in [0.05, 0.1) is 0 Å². The molecule has 0 aromatic heterocycles. The highest BCUT2D eigenvalue weighted by molar-refractivity contribution is 7.86. The third-order valence-electron chi connectivity index (χ3n) is 2.71. The molecule has 0 aromatic carbocycles. The van der Waals surface area contributed by atoms with E-state index in [0.717, 1.165) is 0 Å². The molecule has 90 valence electrons. The van der Waals surface area contributed by atoms with E-state index in [1.54, 1.807) is 4.90 Å². The molecule has 3 N–H and O–H groups in total. The second-order valence-corrected chi connectivity index (χ2v) is 5.48. The molecular formula is C8H18N2O4S. The van der Waals surface area contributed by atoms with E-state index in [4.69, 9.17) is 9.66 Å². The number of hydrogen-bond acceptors (Lipinski definition) is 5. The molecule has 0 radical (unpaired) electrons. The molecule has 0 bridgehead atoms. The molecule has 0 aromatic rings. The van der Waals surface area contributed by atoms with E-state index in [0.29, 0.717) is 26.1 Å². The van der Waals surface area contributed by atoms with Gasteiger partial charge in [0.15, 0.2) is 0 Å². The summed E-state index contributed by atoms with van der Waals surface area (Å²) in [6.07, 6.45) is 0.592. The Morgan fingerprint density at radius 2 is 2.27 bits per heavy atom. The Morgan fingerprint density at radius 1 is 1.60 bits per heavy atom. The van der Waals surface area contributed by atoms with Crippen LogP contribution in [0.25, 0.3) is 0 Å². The highest BCUT2D eigenvalue weighted by atomic mass is 32.2. The van der Waals surface area contributed by atoms with Gasteiger partial charge in [0.25, 0.3) is 10.1 Å². The molecule has 2 unspecified atom stereocenters. The molecule has 1 rings (SSSR count). The van der Waals surface area contributed by atoms with E-state index in [9.17, 15) is 8.42 Å². The summed E-state index contributed by atoms with van der Waals surface area (Å²) in [6, 6.07) is 0.0907. The van der Waals surface area contributed by atoms with Crippen LogP contribution in [0.3, 0.4) is 0 Å². The van der Waals surface area contributed by atoms with Crippen molar-refractivity contribution in [3.63, 3.8) is 0 Å². The van der Waals surface area contributed by atoms with Crippen molar-refractivity contribution in [2.75, 3.05) is 26.2 Å². The number of rotatable bonds is 4. The van der Waals surface area contributed by atoms with Gasteiger partial charge in [0.1, 0.15) is 5.37 Å². The topological polar surface area (TPSA) is 89.9 Å². The fraction of sp³-hybridized carbons (Fsp3) is 1.00. The van der Waals surface area contributed by atoms with Crippen LogP contribution in [0.4, 0.5) is 0 Å². The minimum atomic E-state index is -4.01. The minimum absolute atomic E-state index is 0.0752. The zero-order valence-electron chi connectivity index (χ0n) is 8.76. The van der Waals surface area contributed by atoms with Crippen LogP contribution in [0.1, 0.15) is 13.3 Å². The zero-order chi connectivity index (χ0) is 11.5. The molecule has 1 fully saturated rings. The molecule has 0 aliphatic carbocycles. The lowest BCUT2D eigenvalue weighted by Crippen LogP contribution is -2.55. The number of piperazine rings is 1. The van der Waals surface area contributed by atoms with Crippen molar-refractivity contribution in [3.8, 4) is 0 Å². The maximum atomic E-state index is 10.9. The van der Waals surface area contributed by atoms with Crippen molar-refractivity contribution in [3.05, 3.63) is 0 Å². The minimum Gasteiger partial charge on any atom is -0.396 e. The summed E-state index contributed by atoms with van der Waals surface area (Å²) >= 11 is 0. The van der Waals surface area contributed by atoms with Crippen molar-refractivity contribution >= 4 is 10.1 Å². The fourth-order valence-electron chi connectivity index (χ4n) is 1.72. The van der Waals surface area contributed by atoms with Crippen molar-refractivity contribution in [1.82, 2.24) is 10.2 Å². The summed E-state index contributed by atoms with van der Waals surface area (Å²) in [5.74, 6) is 0. The van der Waals surface area contributed by atoms with Crippen LogP contribution in [0.5, 0.6) is 0 Å². The standard InChI is InChI=1S/C8H18N2O4S/c1-7(15(12,13)14)10-4-3-9-8(6-10)2-5-11/h7-9,11H,2-6H2,1H3,(H,12,13,14). The van der Waals surface area contributed by atoms with Crippen LogP contribution in [-0.4, -0.2) is 60.6 Å². The molecule has 0 spiro atoms. The molecule has 1 saturated heterocycles. The molecule has 0 amide bonds. The summed E-state index contributed by atoms with van der Waals surface area (Å²) in [6.45, 7) is 3.33. The van der Waals surface area contributed by atoms with Gasteiger partial charge in [0.2, 0.25) is 0 Å². The number of hydrogen-bond donors (Lipinski definition) is 3. The van der Waals surface area contributed by atoms with Crippen molar-refractivity contribution in [2.45, 2.75) is 24.8 Å². The molecular weight excluding hydrogens is 220 g/mol. The van der Waals surface area contributed by atoms with E-state index in [-0.39, 0.29) is 12.6 Å². The molecule has 1 aliphatic heterocycles. The zero-order valence-corrected chi connectivity index (χ0v) is 9.57. The smallest absolute Gasteiger partial charge is 0.280 e. The predicted octanol–water partition coefficient (Wildman–Crippen LogP) is -1.12.